The van der Waals surface area contributed by atoms with Gasteiger partial charge in [0.1, 0.15) is 5.82 Å². The molecule has 0 spiro atoms. The van der Waals surface area contributed by atoms with E-state index in [9.17, 15) is 4.39 Å². The second-order valence-corrected chi connectivity index (χ2v) is 5.16. The Kier molecular flexibility index (Phi) is 4.33. The molecular formula is C17H20FN. The van der Waals surface area contributed by atoms with Crippen LogP contribution in [-0.2, 0) is 6.54 Å². The number of hydrogen-bond acceptors (Lipinski definition) is 1. The Hall–Kier alpha value is -1.67. The van der Waals surface area contributed by atoms with Crippen LogP contribution in [0.5, 0.6) is 0 Å². The highest BCUT2D eigenvalue weighted by Gasteiger charge is 2.08. The Morgan fingerprint density at radius 3 is 2.42 bits per heavy atom. The maximum atomic E-state index is 14.2. The molecule has 100 valence electrons. The third kappa shape index (κ3) is 3.42. The van der Waals surface area contributed by atoms with E-state index in [1.807, 2.05) is 43.3 Å². The summed E-state index contributed by atoms with van der Waals surface area (Å²) in [6.45, 7) is 6.86. The van der Waals surface area contributed by atoms with E-state index in [0.29, 0.717) is 18.2 Å². The minimum Gasteiger partial charge on any atom is -0.310 e. The molecular weight excluding hydrogens is 237 g/mol. The van der Waals surface area contributed by atoms with Gasteiger partial charge < -0.3 is 5.32 Å². The van der Waals surface area contributed by atoms with Crippen LogP contribution in [0, 0.1) is 12.7 Å². The van der Waals surface area contributed by atoms with Crippen molar-refractivity contribution in [1.29, 1.82) is 0 Å². The lowest BCUT2D eigenvalue weighted by atomic mass is 9.99. The molecule has 0 radical (unpaired) electrons. The summed E-state index contributed by atoms with van der Waals surface area (Å²) in [4.78, 5) is 0. The van der Waals surface area contributed by atoms with Gasteiger partial charge in [-0.3, -0.25) is 0 Å². The van der Waals surface area contributed by atoms with Gasteiger partial charge in [-0.1, -0.05) is 50.2 Å². The van der Waals surface area contributed by atoms with Gasteiger partial charge in [-0.2, -0.15) is 0 Å². The third-order valence-corrected chi connectivity index (χ3v) is 3.18. The summed E-state index contributed by atoms with van der Waals surface area (Å²) in [7, 11) is 0. The normalized spacial score (nSPS) is 11.0. The first-order valence-electron chi connectivity index (χ1n) is 6.65. The van der Waals surface area contributed by atoms with Crippen LogP contribution in [-0.4, -0.2) is 6.04 Å². The zero-order chi connectivity index (χ0) is 13.8. The van der Waals surface area contributed by atoms with Crippen molar-refractivity contribution in [3.63, 3.8) is 0 Å². The first kappa shape index (κ1) is 13.8. The van der Waals surface area contributed by atoms with E-state index in [2.05, 4.69) is 19.2 Å². The molecule has 1 N–H and O–H groups in total. The first-order chi connectivity index (χ1) is 9.08. The van der Waals surface area contributed by atoms with Gasteiger partial charge in [-0.05, 0) is 29.7 Å². The maximum absolute atomic E-state index is 14.2. The fraction of sp³-hybridized carbons (Fsp3) is 0.294. The molecule has 2 rings (SSSR count). The van der Waals surface area contributed by atoms with E-state index in [-0.39, 0.29) is 5.82 Å². The summed E-state index contributed by atoms with van der Waals surface area (Å²) in [5.41, 5.74) is 3.70. The van der Waals surface area contributed by atoms with Crippen LogP contribution >= 0.6 is 0 Å². The first-order valence-corrected chi connectivity index (χ1v) is 6.65. The van der Waals surface area contributed by atoms with E-state index >= 15 is 0 Å². The highest BCUT2D eigenvalue weighted by molar-refractivity contribution is 5.67. The van der Waals surface area contributed by atoms with Gasteiger partial charge in [0.2, 0.25) is 0 Å². The van der Waals surface area contributed by atoms with Crippen LogP contribution in [0.25, 0.3) is 11.1 Å². The Bertz CT molecular complexity index is 561. The molecule has 19 heavy (non-hydrogen) atoms. The van der Waals surface area contributed by atoms with Gasteiger partial charge in [0.25, 0.3) is 0 Å². The average molecular weight is 257 g/mol. The molecule has 0 aromatic heterocycles. The Balaban J connectivity index is 2.27. The zero-order valence-corrected chi connectivity index (χ0v) is 11.7. The molecule has 0 saturated heterocycles. The van der Waals surface area contributed by atoms with E-state index in [1.165, 1.54) is 0 Å². The van der Waals surface area contributed by atoms with Gasteiger partial charge in [-0.15, -0.1) is 0 Å². The summed E-state index contributed by atoms with van der Waals surface area (Å²) in [5.74, 6) is -0.155. The van der Waals surface area contributed by atoms with Crippen molar-refractivity contribution in [3.8, 4) is 11.1 Å². The molecule has 1 nitrogen and oxygen atoms in total. The number of aryl methyl sites for hydroxylation is 1. The molecule has 2 aromatic carbocycles. The number of hydrogen-bond donors (Lipinski definition) is 1. The van der Waals surface area contributed by atoms with Crippen LogP contribution in [0.3, 0.4) is 0 Å². The molecule has 0 amide bonds. The molecule has 2 heteroatoms. The number of benzene rings is 2. The summed E-state index contributed by atoms with van der Waals surface area (Å²) < 4.78 is 14.2. The van der Waals surface area contributed by atoms with E-state index in [1.54, 1.807) is 6.07 Å². The van der Waals surface area contributed by atoms with Crippen molar-refractivity contribution in [2.24, 2.45) is 0 Å². The van der Waals surface area contributed by atoms with E-state index in [4.69, 9.17) is 0 Å². The Labute approximate surface area is 114 Å². The van der Waals surface area contributed by atoms with Crippen molar-refractivity contribution in [2.75, 3.05) is 0 Å². The van der Waals surface area contributed by atoms with Crippen molar-refractivity contribution >= 4 is 0 Å². The third-order valence-electron chi connectivity index (χ3n) is 3.18. The molecule has 0 aliphatic rings. The molecule has 0 unspecified atom stereocenters. The van der Waals surface area contributed by atoms with Gasteiger partial charge >= 0.3 is 0 Å². The number of halogens is 1. The predicted molar refractivity (Wildman–Crippen MR) is 78.5 cm³/mol. The van der Waals surface area contributed by atoms with Crippen LogP contribution in [0.2, 0.25) is 0 Å². The van der Waals surface area contributed by atoms with Crippen molar-refractivity contribution in [1.82, 2.24) is 5.32 Å². The lowest BCUT2D eigenvalue weighted by Crippen LogP contribution is -2.21. The molecule has 0 aliphatic heterocycles. The predicted octanol–water partition coefficient (Wildman–Crippen LogP) is 4.30. The highest BCUT2D eigenvalue weighted by atomic mass is 19.1. The van der Waals surface area contributed by atoms with Crippen LogP contribution < -0.4 is 5.32 Å². The molecule has 2 aromatic rings. The standard InChI is InChI=1S/C17H20FN/c1-12(2)19-11-14-8-9-16(17(18)10-14)15-7-5-4-6-13(15)3/h4-10,12,19H,11H2,1-3H3. The topological polar surface area (TPSA) is 12.0 Å². The highest BCUT2D eigenvalue weighted by Crippen LogP contribution is 2.26. The van der Waals surface area contributed by atoms with Gasteiger partial charge in [0, 0.05) is 18.2 Å². The minimum atomic E-state index is -0.155. The molecule has 0 fully saturated rings. The fourth-order valence-electron chi connectivity index (χ4n) is 2.08. The summed E-state index contributed by atoms with van der Waals surface area (Å²) in [6.07, 6.45) is 0. The summed E-state index contributed by atoms with van der Waals surface area (Å²) >= 11 is 0. The van der Waals surface area contributed by atoms with Crippen molar-refractivity contribution < 1.29 is 4.39 Å². The van der Waals surface area contributed by atoms with Gasteiger partial charge in [-0.25, -0.2) is 4.39 Å². The lowest BCUT2D eigenvalue weighted by Gasteiger charge is -2.11. The van der Waals surface area contributed by atoms with Gasteiger partial charge in [0.15, 0.2) is 0 Å². The molecule has 0 heterocycles. The maximum Gasteiger partial charge on any atom is 0.131 e. The average Bonchev–Trinajstić information content (AvgIpc) is 2.38. The zero-order valence-electron chi connectivity index (χ0n) is 11.7. The Morgan fingerprint density at radius 2 is 1.79 bits per heavy atom. The lowest BCUT2D eigenvalue weighted by molar-refractivity contribution is 0.582. The Morgan fingerprint density at radius 1 is 1.05 bits per heavy atom. The van der Waals surface area contributed by atoms with Crippen LogP contribution in [0.15, 0.2) is 42.5 Å². The largest absolute Gasteiger partial charge is 0.310 e. The van der Waals surface area contributed by atoms with E-state index < -0.39 is 0 Å². The van der Waals surface area contributed by atoms with Crippen molar-refractivity contribution in [2.45, 2.75) is 33.4 Å². The summed E-state index contributed by atoms with van der Waals surface area (Å²) in [5, 5.41) is 3.29. The quantitative estimate of drug-likeness (QED) is 0.861. The molecule has 0 aliphatic carbocycles. The van der Waals surface area contributed by atoms with Gasteiger partial charge in [0.05, 0.1) is 0 Å². The number of rotatable bonds is 4. The smallest absolute Gasteiger partial charge is 0.131 e. The summed E-state index contributed by atoms with van der Waals surface area (Å²) in [6, 6.07) is 13.8. The molecule has 0 saturated carbocycles. The monoisotopic (exact) mass is 257 g/mol. The fourth-order valence-corrected chi connectivity index (χ4v) is 2.08. The minimum absolute atomic E-state index is 0.155. The van der Waals surface area contributed by atoms with Crippen LogP contribution in [0.1, 0.15) is 25.0 Å². The number of nitrogens with one attached hydrogen (secondary N) is 1. The SMILES string of the molecule is Cc1ccccc1-c1ccc(CNC(C)C)cc1F. The van der Waals surface area contributed by atoms with Crippen molar-refractivity contribution in [3.05, 3.63) is 59.4 Å². The van der Waals surface area contributed by atoms with Crippen LogP contribution in [0.4, 0.5) is 4.39 Å². The molecule has 0 atom stereocenters. The second kappa shape index (κ2) is 5.98. The second-order valence-electron chi connectivity index (χ2n) is 5.16. The van der Waals surface area contributed by atoms with E-state index in [0.717, 1.165) is 16.7 Å². The molecule has 0 bridgehead atoms.